The minimum Gasteiger partial charge on any atom is -0.361 e. The van der Waals surface area contributed by atoms with E-state index in [-0.39, 0.29) is 0 Å². The monoisotopic (exact) mass is 152 g/mol. The third-order valence-electron chi connectivity index (χ3n) is 2.00. The lowest BCUT2D eigenvalue weighted by Crippen LogP contribution is -1.95. The number of nitrogens with zero attached hydrogens (tertiary/aromatic N) is 1. The second kappa shape index (κ2) is 2.66. The highest BCUT2D eigenvalue weighted by Gasteiger charge is 2.23. The van der Waals surface area contributed by atoms with Crippen molar-refractivity contribution in [1.82, 2.24) is 5.16 Å². The number of hydrogen-bond acceptors (Lipinski definition) is 3. The highest BCUT2D eigenvalue weighted by molar-refractivity contribution is 5.06. The Morgan fingerprint density at radius 3 is 3.00 bits per heavy atom. The highest BCUT2D eigenvalue weighted by atomic mass is 16.5. The number of hydrogen-bond donors (Lipinski definition) is 1. The molecule has 1 saturated carbocycles. The van der Waals surface area contributed by atoms with Crippen molar-refractivity contribution in [3.63, 3.8) is 0 Å². The van der Waals surface area contributed by atoms with E-state index in [0.717, 1.165) is 23.8 Å². The topological polar surface area (TPSA) is 52.0 Å². The first-order valence-corrected chi connectivity index (χ1v) is 4.03. The summed E-state index contributed by atoms with van der Waals surface area (Å²) in [7, 11) is 0. The van der Waals surface area contributed by atoms with Crippen molar-refractivity contribution in [2.24, 2.45) is 11.7 Å². The van der Waals surface area contributed by atoms with Gasteiger partial charge in [0, 0.05) is 19.0 Å². The highest BCUT2D eigenvalue weighted by Crippen LogP contribution is 2.32. The maximum Gasteiger partial charge on any atom is 0.137 e. The maximum atomic E-state index is 5.39. The molecule has 0 radical (unpaired) electrons. The van der Waals surface area contributed by atoms with Crippen molar-refractivity contribution in [3.05, 3.63) is 17.5 Å². The van der Waals surface area contributed by atoms with Gasteiger partial charge in [0.1, 0.15) is 5.76 Å². The summed E-state index contributed by atoms with van der Waals surface area (Å²) >= 11 is 0. The van der Waals surface area contributed by atoms with Crippen LogP contribution in [0.1, 0.15) is 24.3 Å². The first-order chi connectivity index (χ1) is 5.38. The molecule has 1 fully saturated rings. The summed E-state index contributed by atoms with van der Waals surface area (Å²) in [5, 5.41) is 3.82. The number of aromatic nitrogens is 1. The third-order valence-corrected chi connectivity index (χ3v) is 2.00. The molecular formula is C8H12N2O. The van der Waals surface area contributed by atoms with Crippen molar-refractivity contribution in [2.45, 2.75) is 25.8 Å². The van der Waals surface area contributed by atoms with Crippen LogP contribution in [-0.2, 0) is 13.0 Å². The molecule has 1 heterocycles. The summed E-state index contributed by atoms with van der Waals surface area (Å²) < 4.78 is 5.08. The zero-order chi connectivity index (χ0) is 7.68. The lowest BCUT2D eigenvalue weighted by molar-refractivity contribution is 0.372. The van der Waals surface area contributed by atoms with Gasteiger partial charge in [0.05, 0.1) is 5.69 Å². The van der Waals surface area contributed by atoms with Crippen LogP contribution in [0.5, 0.6) is 0 Å². The molecule has 0 saturated heterocycles. The van der Waals surface area contributed by atoms with Gasteiger partial charge in [0.25, 0.3) is 0 Å². The second-order valence-electron chi connectivity index (χ2n) is 3.14. The molecule has 11 heavy (non-hydrogen) atoms. The van der Waals surface area contributed by atoms with Gasteiger partial charge >= 0.3 is 0 Å². The molecule has 0 aliphatic heterocycles. The fraction of sp³-hybridized carbons (Fsp3) is 0.625. The molecule has 0 bridgehead atoms. The van der Waals surface area contributed by atoms with Gasteiger partial charge in [-0.3, -0.25) is 0 Å². The van der Waals surface area contributed by atoms with Crippen LogP contribution in [0, 0.1) is 5.92 Å². The first kappa shape index (κ1) is 6.85. The van der Waals surface area contributed by atoms with Crippen LogP contribution in [0.15, 0.2) is 10.6 Å². The van der Waals surface area contributed by atoms with E-state index < -0.39 is 0 Å². The third kappa shape index (κ3) is 1.60. The Hall–Kier alpha value is -0.830. The van der Waals surface area contributed by atoms with Crippen LogP contribution < -0.4 is 5.73 Å². The normalized spacial score (nSPS) is 17.2. The van der Waals surface area contributed by atoms with Gasteiger partial charge in [-0.2, -0.15) is 0 Å². The quantitative estimate of drug-likeness (QED) is 0.705. The molecule has 1 aromatic heterocycles. The molecule has 0 amide bonds. The standard InChI is InChI=1S/C8H12N2O/c9-5-7-4-8(11-10-7)3-6-1-2-6/h4,6H,1-3,5,9H2. The zero-order valence-corrected chi connectivity index (χ0v) is 6.42. The predicted molar refractivity (Wildman–Crippen MR) is 40.8 cm³/mol. The van der Waals surface area contributed by atoms with Crippen LogP contribution in [0.25, 0.3) is 0 Å². The summed E-state index contributed by atoms with van der Waals surface area (Å²) in [4.78, 5) is 0. The van der Waals surface area contributed by atoms with E-state index in [9.17, 15) is 0 Å². The van der Waals surface area contributed by atoms with Gasteiger partial charge in [-0.05, 0) is 18.8 Å². The number of rotatable bonds is 3. The molecule has 3 nitrogen and oxygen atoms in total. The van der Waals surface area contributed by atoms with E-state index in [1.165, 1.54) is 12.8 Å². The summed E-state index contributed by atoms with van der Waals surface area (Å²) in [6, 6.07) is 1.96. The van der Waals surface area contributed by atoms with Gasteiger partial charge < -0.3 is 10.3 Å². The first-order valence-electron chi connectivity index (χ1n) is 4.03. The molecule has 0 aromatic carbocycles. The number of nitrogens with two attached hydrogens (primary N) is 1. The fourth-order valence-electron chi connectivity index (χ4n) is 1.15. The van der Waals surface area contributed by atoms with E-state index in [0.29, 0.717) is 6.54 Å². The lowest BCUT2D eigenvalue weighted by atomic mass is 10.2. The summed E-state index contributed by atoms with van der Waals surface area (Å²) in [5.74, 6) is 1.85. The Morgan fingerprint density at radius 2 is 2.45 bits per heavy atom. The Labute approximate surface area is 65.6 Å². The Balaban J connectivity index is 1.99. The molecule has 60 valence electrons. The Kier molecular flexibility index (Phi) is 1.66. The van der Waals surface area contributed by atoms with Crippen LogP contribution in [0.3, 0.4) is 0 Å². The van der Waals surface area contributed by atoms with Crippen molar-refractivity contribution in [3.8, 4) is 0 Å². The molecule has 0 spiro atoms. The maximum absolute atomic E-state index is 5.39. The minimum absolute atomic E-state index is 0.480. The molecule has 0 unspecified atom stereocenters. The zero-order valence-electron chi connectivity index (χ0n) is 6.42. The second-order valence-corrected chi connectivity index (χ2v) is 3.14. The van der Waals surface area contributed by atoms with Gasteiger partial charge in [0.15, 0.2) is 0 Å². The van der Waals surface area contributed by atoms with Crippen LogP contribution >= 0.6 is 0 Å². The predicted octanol–water partition coefficient (Wildman–Crippen LogP) is 1.09. The van der Waals surface area contributed by atoms with Crippen molar-refractivity contribution in [2.75, 3.05) is 0 Å². The molecule has 2 N–H and O–H groups in total. The molecule has 1 aromatic rings. The van der Waals surface area contributed by atoms with Gasteiger partial charge in [0.2, 0.25) is 0 Å². The molecule has 1 aliphatic carbocycles. The van der Waals surface area contributed by atoms with E-state index in [2.05, 4.69) is 5.16 Å². The Bertz CT molecular complexity index is 240. The van der Waals surface area contributed by atoms with Gasteiger partial charge in [-0.15, -0.1) is 0 Å². The van der Waals surface area contributed by atoms with Crippen molar-refractivity contribution >= 4 is 0 Å². The fourth-order valence-corrected chi connectivity index (χ4v) is 1.15. The molecule has 2 rings (SSSR count). The average molecular weight is 152 g/mol. The largest absolute Gasteiger partial charge is 0.361 e. The summed E-state index contributed by atoms with van der Waals surface area (Å²) in [5.41, 5.74) is 6.25. The van der Waals surface area contributed by atoms with E-state index >= 15 is 0 Å². The minimum atomic E-state index is 0.480. The molecule has 1 aliphatic rings. The van der Waals surface area contributed by atoms with Crippen LogP contribution in [0.4, 0.5) is 0 Å². The average Bonchev–Trinajstić information content (AvgIpc) is 2.68. The molecular weight excluding hydrogens is 140 g/mol. The van der Waals surface area contributed by atoms with Crippen molar-refractivity contribution in [1.29, 1.82) is 0 Å². The lowest BCUT2D eigenvalue weighted by Gasteiger charge is -1.86. The van der Waals surface area contributed by atoms with Crippen LogP contribution in [0.2, 0.25) is 0 Å². The summed E-state index contributed by atoms with van der Waals surface area (Å²) in [6.45, 7) is 0.480. The van der Waals surface area contributed by atoms with Gasteiger partial charge in [-0.1, -0.05) is 5.16 Å². The van der Waals surface area contributed by atoms with E-state index in [4.69, 9.17) is 10.3 Å². The van der Waals surface area contributed by atoms with Crippen LogP contribution in [-0.4, -0.2) is 5.16 Å². The van der Waals surface area contributed by atoms with E-state index in [1.807, 2.05) is 6.07 Å². The van der Waals surface area contributed by atoms with Crippen molar-refractivity contribution < 1.29 is 4.52 Å². The smallest absolute Gasteiger partial charge is 0.137 e. The molecule has 3 heteroatoms. The Morgan fingerprint density at radius 1 is 1.64 bits per heavy atom. The van der Waals surface area contributed by atoms with E-state index in [1.54, 1.807) is 0 Å². The SMILES string of the molecule is NCc1cc(CC2CC2)on1. The molecule has 0 atom stereocenters. The summed E-state index contributed by atoms with van der Waals surface area (Å²) in [6.07, 6.45) is 3.74. The van der Waals surface area contributed by atoms with Gasteiger partial charge in [-0.25, -0.2) is 0 Å².